The van der Waals surface area contributed by atoms with Gasteiger partial charge in [-0.2, -0.15) is 0 Å². The molecule has 2 aromatic rings. The second-order valence-electron chi connectivity index (χ2n) is 9.46. The van der Waals surface area contributed by atoms with E-state index in [4.69, 9.17) is 0 Å². The van der Waals surface area contributed by atoms with E-state index in [9.17, 15) is 10.2 Å². The minimum atomic E-state index is -0.449. The molecule has 0 spiro atoms. The van der Waals surface area contributed by atoms with Crippen molar-refractivity contribution < 1.29 is 10.2 Å². The first-order valence-corrected chi connectivity index (χ1v) is 12.1. The van der Waals surface area contributed by atoms with E-state index in [0.29, 0.717) is 6.42 Å². The predicted molar refractivity (Wildman–Crippen MR) is 129 cm³/mol. The van der Waals surface area contributed by atoms with Gasteiger partial charge in [-0.25, -0.2) is 0 Å². The minimum absolute atomic E-state index is 0.133. The van der Waals surface area contributed by atoms with Crippen LogP contribution in [0.3, 0.4) is 0 Å². The van der Waals surface area contributed by atoms with Crippen molar-refractivity contribution in [2.45, 2.75) is 37.1 Å². The smallest absolute Gasteiger partial charge is 0.0721 e. The molecule has 0 bridgehead atoms. The number of benzene rings is 2. The first-order valence-electron chi connectivity index (χ1n) is 12.1. The third kappa shape index (κ3) is 4.64. The van der Waals surface area contributed by atoms with Crippen LogP contribution in [-0.4, -0.2) is 96.7 Å². The summed E-state index contributed by atoms with van der Waals surface area (Å²) in [6.45, 7) is 7.77. The van der Waals surface area contributed by atoms with Crippen LogP contribution in [0.4, 0.5) is 11.4 Å². The molecule has 0 radical (unpaired) electrons. The topological polar surface area (TPSA) is 53.4 Å². The summed E-state index contributed by atoms with van der Waals surface area (Å²) in [6.07, 6.45) is 0.428. The normalized spacial score (nSPS) is 30.4. The number of aliphatic hydroxyl groups is 2. The number of aliphatic hydroxyl groups excluding tert-OH is 2. The Morgan fingerprint density at radius 2 is 0.875 bits per heavy atom. The number of para-hydroxylation sites is 2. The van der Waals surface area contributed by atoms with Crippen molar-refractivity contribution >= 4 is 11.4 Å². The highest BCUT2D eigenvalue weighted by molar-refractivity contribution is 5.47. The van der Waals surface area contributed by atoms with Crippen molar-refractivity contribution in [2.75, 3.05) is 62.2 Å². The number of hydrogen-bond acceptors (Lipinski definition) is 6. The van der Waals surface area contributed by atoms with Crippen molar-refractivity contribution in [1.82, 2.24) is 9.80 Å². The van der Waals surface area contributed by atoms with Crippen molar-refractivity contribution in [3.05, 3.63) is 60.7 Å². The van der Waals surface area contributed by atoms with Crippen LogP contribution in [0.5, 0.6) is 0 Å². The van der Waals surface area contributed by atoms with Gasteiger partial charge in [0.1, 0.15) is 0 Å². The Morgan fingerprint density at radius 3 is 1.25 bits per heavy atom. The van der Waals surface area contributed by atoms with E-state index in [1.807, 2.05) is 0 Å². The summed E-state index contributed by atoms with van der Waals surface area (Å²) in [5.41, 5.74) is 2.56. The molecule has 0 unspecified atom stereocenters. The highest BCUT2D eigenvalue weighted by Gasteiger charge is 2.42. The average Bonchev–Trinajstić information content (AvgIpc) is 2.86. The quantitative estimate of drug-likeness (QED) is 0.764. The lowest BCUT2D eigenvalue weighted by molar-refractivity contribution is -0.0741. The second kappa shape index (κ2) is 9.79. The maximum atomic E-state index is 10.8. The minimum Gasteiger partial charge on any atom is -0.391 e. The molecule has 3 fully saturated rings. The summed E-state index contributed by atoms with van der Waals surface area (Å²) in [7, 11) is 0. The van der Waals surface area contributed by atoms with Crippen LogP contribution < -0.4 is 9.80 Å². The van der Waals surface area contributed by atoms with Gasteiger partial charge in [0.15, 0.2) is 0 Å². The summed E-state index contributed by atoms with van der Waals surface area (Å²) in [5, 5.41) is 21.7. The van der Waals surface area contributed by atoms with Crippen LogP contribution in [0, 0.1) is 0 Å². The van der Waals surface area contributed by atoms with Crippen LogP contribution >= 0.6 is 0 Å². The molecule has 1 saturated carbocycles. The van der Waals surface area contributed by atoms with Crippen molar-refractivity contribution in [3.63, 3.8) is 0 Å². The van der Waals surface area contributed by atoms with E-state index in [1.54, 1.807) is 0 Å². The average molecular weight is 437 g/mol. The van der Waals surface area contributed by atoms with Crippen LogP contribution in [0.1, 0.15) is 12.8 Å². The molecule has 6 nitrogen and oxygen atoms in total. The SMILES string of the molecule is O[C@H]1C[C@H](O)[C@@H](N2CCN(c3ccccc3)CC2)C[C@@H]1N1CCN(c2ccccc2)CC1. The molecule has 1 aliphatic carbocycles. The molecular weight excluding hydrogens is 400 g/mol. The molecule has 5 rings (SSSR count). The van der Waals surface area contributed by atoms with Crippen molar-refractivity contribution in [1.29, 1.82) is 0 Å². The third-order valence-electron chi connectivity index (χ3n) is 7.66. The van der Waals surface area contributed by atoms with Gasteiger partial charge in [0.2, 0.25) is 0 Å². The first kappa shape index (κ1) is 21.7. The summed E-state index contributed by atoms with van der Waals surface area (Å²) >= 11 is 0. The van der Waals surface area contributed by atoms with Crippen LogP contribution in [-0.2, 0) is 0 Å². The molecule has 2 aromatic carbocycles. The van der Waals surface area contributed by atoms with E-state index in [-0.39, 0.29) is 12.1 Å². The fourth-order valence-electron chi connectivity index (χ4n) is 5.81. The Kier molecular flexibility index (Phi) is 6.64. The van der Waals surface area contributed by atoms with E-state index < -0.39 is 12.2 Å². The highest BCUT2D eigenvalue weighted by Crippen LogP contribution is 2.30. The lowest BCUT2D eigenvalue weighted by Gasteiger charge is -2.50. The monoisotopic (exact) mass is 436 g/mol. The Morgan fingerprint density at radius 1 is 0.500 bits per heavy atom. The highest BCUT2D eigenvalue weighted by atomic mass is 16.3. The van der Waals surface area contributed by atoms with Gasteiger partial charge >= 0.3 is 0 Å². The predicted octanol–water partition coefficient (Wildman–Crippen LogP) is 1.88. The van der Waals surface area contributed by atoms with Gasteiger partial charge in [0.05, 0.1) is 12.2 Å². The van der Waals surface area contributed by atoms with Gasteiger partial charge < -0.3 is 20.0 Å². The van der Waals surface area contributed by atoms with Gasteiger partial charge in [-0.15, -0.1) is 0 Å². The summed E-state index contributed by atoms with van der Waals surface area (Å²) in [6, 6.07) is 21.4. The van der Waals surface area contributed by atoms with Crippen LogP contribution in [0.15, 0.2) is 60.7 Å². The molecule has 2 aliphatic heterocycles. The first-order chi connectivity index (χ1) is 15.7. The van der Waals surface area contributed by atoms with Crippen molar-refractivity contribution in [3.8, 4) is 0 Å². The van der Waals surface area contributed by atoms with Gasteiger partial charge in [-0.1, -0.05) is 36.4 Å². The number of hydrogen-bond donors (Lipinski definition) is 2. The van der Waals surface area contributed by atoms with E-state index >= 15 is 0 Å². The van der Waals surface area contributed by atoms with Crippen molar-refractivity contribution in [2.24, 2.45) is 0 Å². The molecule has 4 atom stereocenters. The maximum absolute atomic E-state index is 10.8. The lowest BCUT2D eigenvalue weighted by atomic mass is 9.84. The third-order valence-corrected chi connectivity index (χ3v) is 7.66. The van der Waals surface area contributed by atoms with Gasteiger partial charge in [0, 0.05) is 82.2 Å². The van der Waals surface area contributed by atoms with Gasteiger partial charge in [-0.05, 0) is 30.7 Å². The Bertz CT molecular complexity index is 766. The maximum Gasteiger partial charge on any atom is 0.0721 e. The van der Waals surface area contributed by atoms with Crippen LogP contribution in [0.25, 0.3) is 0 Å². The molecule has 172 valence electrons. The summed E-state index contributed by atoms with van der Waals surface area (Å²) in [5.74, 6) is 0. The molecule has 6 heteroatoms. The zero-order valence-corrected chi connectivity index (χ0v) is 18.8. The summed E-state index contributed by atoms with van der Waals surface area (Å²) < 4.78 is 0. The number of anilines is 2. The largest absolute Gasteiger partial charge is 0.391 e. The molecule has 2 saturated heterocycles. The molecule has 0 amide bonds. The summed E-state index contributed by atoms with van der Waals surface area (Å²) in [4.78, 5) is 9.79. The molecule has 32 heavy (non-hydrogen) atoms. The zero-order valence-electron chi connectivity index (χ0n) is 18.8. The molecular formula is C26H36N4O2. The molecule has 2 N–H and O–H groups in total. The van der Waals surface area contributed by atoms with Gasteiger partial charge in [-0.3, -0.25) is 9.80 Å². The number of nitrogens with zero attached hydrogens (tertiary/aromatic N) is 4. The standard InChI is InChI=1S/C26H36N4O2/c31-25-20-26(32)24(30-17-13-28(14-18-30)22-9-5-2-6-10-22)19-23(25)29-15-11-27(12-16-29)21-7-3-1-4-8-21/h1-10,23-26,31-32H,11-20H2/t23-,24-,25-,26-/m0/s1. The Hall–Kier alpha value is -2.12. The lowest BCUT2D eigenvalue weighted by Crippen LogP contribution is -2.62. The Labute approximate surface area is 191 Å². The van der Waals surface area contributed by atoms with Gasteiger partial charge in [0.25, 0.3) is 0 Å². The van der Waals surface area contributed by atoms with E-state index in [0.717, 1.165) is 58.8 Å². The number of rotatable bonds is 4. The fraction of sp³-hybridized carbons (Fsp3) is 0.538. The number of piperazine rings is 2. The van der Waals surface area contributed by atoms with Crippen LogP contribution in [0.2, 0.25) is 0 Å². The molecule has 0 aromatic heterocycles. The van der Waals surface area contributed by atoms with E-state index in [1.165, 1.54) is 11.4 Å². The fourth-order valence-corrected chi connectivity index (χ4v) is 5.81. The molecule has 3 aliphatic rings. The Balaban J connectivity index is 1.18. The zero-order chi connectivity index (χ0) is 21.9. The second-order valence-corrected chi connectivity index (χ2v) is 9.46. The van der Waals surface area contributed by atoms with E-state index in [2.05, 4.69) is 80.3 Å². The molecule has 2 heterocycles.